The predicted octanol–water partition coefficient (Wildman–Crippen LogP) is 5.68. The topological polar surface area (TPSA) is 21.3 Å². The van der Waals surface area contributed by atoms with E-state index in [2.05, 4.69) is 75.3 Å². The Morgan fingerprint density at radius 2 is 2.05 bits per heavy atom. The van der Waals surface area contributed by atoms with Gasteiger partial charge in [0.15, 0.2) is 0 Å². The Kier molecular flexibility index (Phi) is 6.29. The summed E-state index contributed by atoms with van der Waals surface area (Å²) < 4.78 is 7.69. The van der Waals surface area contributed by atoms with Crippen LogP contribution in [0, 0.1) is 6.92 Å². The molecule has 0 bridgehead atoms. The molecule has 1 unspecified atom stereocenters. The molecule has 0 amide bonds. The summed E-state index contributed by atoms with van der Waals surface area (Å²) in [5, 5.41) is 3.63. The largest absolute Gasteiger partial charge is 0.496 e. The van der Waals surface area contributed by atoms with Gasteiger partial charge in [-0.1, -0.05) is 19.1 Å². The summed E-state index contributed by atoms with van der Waals surface area (Å²) in [6, 6.07) is 8.78. The lowest BCUT2D eigenvalue weighted by Gasteiger charge is -2.19. The lowest BCUT2D eigenvalue weighted by molar-refractivity contribution is 0.410. The molecular weight excluding hydrogens is 414 g/mol. The fraction of sp³-hybridized carbons (Fsp3) is 0.375. The van der Waals surface area contributed by atoms with E-state index in [1.54, 1.807) is 18.4 Å². The molecule has 2 aromatic rings. The van der Waals surface area contributed by atoms with Crippen molar-refractivity contribution in [2.24, 2.45) is 0 Å². The molecule has 0 spiro atoms. The molecule has 0 saturated heterocycles. The third-order valence-electron chi connectivity index (χ3n) is 3.31. The van der Waals surface area contributed by atoms with Gasteiger partial charge in [0.1, 0.15) is 5.75 Å². The Hall–Kier alpha value is -0.360. The monoisotopic (exact) mass is 431 g/mol. The quantitative estimate of drug-likeness (QED) is 0.633. The van der Waals surface area contributed by atoms with E-state index < -0.39 is 0 Å². The second-order valence-electron chi connectivity index (χ2n) is 4.89. The first-order valence-electron chi connectivity index (χ1n) is 6.89. The van der Waals surface area contributed by atoms with Gasteiger partial charge in [-0.2, -0.15) is 0 Å². The van der Waals surface area contributed by atoms with Crippen molar-refractivity contribution in [3.8, 4) is 5.75 Å². The molecule has 1 atom stereocenters. The van der Waals surface area contributed by atoms with Crippen molar-refractivity contribution in [2.75, 3.05) is 13.7 Å². The fourth-order valence-corrected chi connectivity index (χ4v) is 4.39. The zero-order valence-electron chi connectivity index (χ0n) is 12.4. The van der Waals surface area contributed by atoms with Crippen LogP contribution in [0.2, 0.25) is 0 Å². The highest BCUT2D eigenvalue weighted by molar-refractivity contribution is 9.13. The summed E-state index contributed by atoms with van der Waals surface area (Å²) in [5.41, 5.74) is 2.39. The highest BCUT2D eigenvalue weighted by Gasteiger charge is 2.18. The smallest absolute Gasteiger partial charge is 0.122 e. The van der Waals surface area contributed by atoms with Gasteiger partial charge in [0.2, 0.25) is 0 Å². The van der Waals surface area contributed by atoms with Gasteiger partial charge in [0, 0.05) is 9.35 Å². The molecule has 2 rings (SSSR count). The Bertz CT molecular complexity index is 593. The van der Waals surface area contributed by atoms with Crippen LogP contribution in [-0.2, 0) is 0 Å². The van der Waals surface area contributed by atoms with Gasteiger partial charge in [-0.25, -0.2) is 0 Å². The van der Waals surface area contributed by atoms with E-state index in [0.29, 0.717) is 0 Å². The zero-order valence-corrected chi connectivity index (χ0v) is 16.4. The van der Waals surface area contributed by atoms with Crippen LogP contribution in [0.4, 0.5) is 0 Å². The van der Waals surface area contributed by atoms with Gasteiger partial charge in [0.25, 0.3) is 0 Å². The number of ether oxygens (including phenoxy) is 1. The van der Waals surface area contributed by atoms with Crippen LogP contribution in [-0.4, -0.2) is 13.7 Å². The van der Waals surface area contributed by atoms with Crippen LogP contribution in [0.5, 0.6) is 5.75 Å². The molecular formula is C16H19Br2NOS. The van der Waals surface area contributed by atoms with Crippen molar-refractivity contribution >= 4 is 43.2 Å². The molecule has 2 nitrogen and oxygen atoms in total. The van der Waals surface area contributed by atoms with Gasteiger partial charge in [-0.15, -0.1) is 11.3 Å². The van der Waals surface area contributed by atoms with Crippen molar-refractivity contribution in [3.63, 3.8) is 0 Å². The van der Waals surface area contributed by atoms with Gasteiger partial charge in [-0.05, 0) is 75.0 Å². The van der Waals surface area contributed by atoms with Gasteiger partial charge in [-0.3, -0.25) is 0 Å². The molecule has 1 aromatic heterocycles. The van der Waals surface area contributed by atoms with Crippen LogP contribution in [0.3, 0.4) is 0 Å². The summed E-state index contributed by atoms with van der Waals surface area (Å²) in [4.78, 5) is 1.29. The third kappa shape index (κ3) is 4.09. The van der Waals surface area contributed by atoms with E-state index in [1.165, 1.54) is 10.4 Å². The molecule has 0 radical (unpaired) electrons. The molecule has 1 N–H and O–H groups in total. The van der Waals surface area contributed by atoms with E-state index in [-0.39, 0.29) is 6.04 Å². The van der Waals surface area contributed by atoms with E-state index in [4.69, 9.17) is 4.74 Å². The van der Waals surface area contributed by atoms with Gasteiger partial charge in [0.05, 0.1) is 16.9 Å². The number of methoxy groups -OCH3 is 1. The Morgan fingerprint density at radius 1 is 1.29 bits per heavy atom. The molecule has 0 saturated carbocycles. The number of halogens is 2. The standard InChI is InChI=1S/C16H19Br2NOS/c1-4-7-19-15(14-9-12(17)16(18)21-14)11-6-5-10(2)13(8-11)20-3/h5-6,8-9,15,19H,4,7H2,1-3H3. The molecule has 114 valence electrons. The van der Waals surface area contributed by atoms with Crippen LogP contribution >= 0.6 is 43.2 Å². The minimum atomic E-state index is 0.187. The average Bonchev–Trinajstić information content (AvgIpc) is 2.80. The first-order valence-corrected chi connectivity index (χ1v) is 9.29. The molecule has 0 aliphatic heterocycles. The summed E-state index contributed by atoms with van der Waals surface area (Å²) in [7, 11) is 1.72. The number of hydrogen-bond donors (Lipinski definition) is 1. The van der Waals surface area contributed by atoms with E-state index in [9.17, 15) is 0 Å². The number of aryl methyl sites for hydroxylation is 1. The first-order chi connectivity index (χ1) is 10.1. The minimum absolute atomic E-state index is 0.187. The molecule has 5 heteroatoms. The number of hydrogen-bond acceptors (Lipinski definition) is 3. The second-order valence-corrected chi connectivity index (χ2v) is 8.14. The maximum absolute atomic E-state index is 5.46. The van der Waals surface area contributed by atoms with Gasteiger partial charge >= 0.3 is 0 Å². The van der Waals surface area contributed by atoms with Crippen LogP contribution in [0.25, 0.3) is 0 Å². The zero-order chi connectivity index (χ0) is 15.4. The minimum Gasteiger partial charge on any atom is -0.496 e. The third-order valence-corrected chi connectivity index (χ3v) is 6.63. The highest BCUT2D eigenvalue weighted by Crippen LogP contribution is 2.38. The lowest BCUT2D eigenvalue weighted by Crippen LogP contribution is -2.22. The summed E-state index contributed by atoms with van der Waals surface area (Å²) in [6.07, 6.45) is 1.10. The van der Waals surface area contributed by atoms with E-state index in [0.717, 1.165) is 32.5 Å². The average molecular weight is 433 g/mol. The number of nitrogens with one attached hydrogen (secondary N) is 1. The van der Waals surface area contributed by atoms with Crippen molar-refractivity contribution < 1.29 is 4.74 Å². The van der Waals surface area contributed by atoms with Crippen molar-refractivity contribution in [1.29, 1.82) is 0 Å². The first kappa shape index (κ1) is 17.0. The predicted molar refractivity (Wildman–Crippen MR) is 97.6 cm³/mol. The Balaban J connectivity index is 2.39. The Morgan fingerprint density at radius 3 is 2.62 bits per heavy atom. The van der Waals surface area contributed by atoms with Crippen molar-refractivity contribution in [2.45, 2.75) is 26.3 Å². The Labute approximate surface area is 147 Å². The van der Waals surface area contributed by atoms with Gasteiger partial charge < -0.3 is 10.1 Å². The highest BCUT2D eigenvalue weighted by atomic mass is 79.9. The van der Waals surface area contributed by atoms with Crippen LogP contribution in [0.15, 0.2) is 32.5 Å². The van der Waals surface area contributed by atoms with Crippen LogP contribution < -0.4 is 10.1 Å². The molecule has 0 fully saturated rings. The maximum atomic E-state index is 5.46. The summed E-state index contributed by atoms with van der Waals surface area (Å²) in [6.45, 7) is 5.23. The summed E-state index contributed by atoms with van der Waals surface area (Å²) in [5.74, 6) is 0.936. The number of rotatable bonds is 6. The van der Waals surface area contributed by atoms with E-state index >= 15 is 0 Å². The number of thiophene rings is 1. The molecule has 0 aliphatic rings. The molecule has 1 aromatic carbocycles. The van der Waals surface area contributed by atoms with Crippen LogP contribution in [0.1, 0.15) is 35.4 Å². The fourth-order valence-electron chi connectivity index (χ4n) is 2.19. The molecule has 1 heterocycles. The van der Waals surface area contributed by atoms with E-state index in [1.807, 2.05) is 0 Å². The maximum Gasteiger partial charge on any atom is 0.122 e. The molecule has 21 heavy (non-hydrogen) atoms. The lowest BCUT2D eigenvalue weighted by atomic mass is 10.0. The SMILES string of the molecule is CCCNC(c1ccc(C)c(OC)c1)c1cc(Br)c(Br)s1. The van der Waals surface area contributed by atoms with Crippen molar-refractivity contribution in [1.82, 2.24) is 5.32 Å². The molecule has 0 aliphatic carbocycles. The number of benzene rings is 1. The summed E-state index contributed by atoms with van der Waals surface area (Å²) >= 11 is 8.91. The second kappa shape index (κ2) is 7.77. The normalized spacial score (nSPS) is 12.4. The van der Waals surface area contributed by atoms with Crippen molar-refractivity contribution in [3.05, 3.63) is 48.5 Å².